The van der Waals surface area contributed by atoms with Gasteiger partial charge in [-0.05, 0) is 42.7 Å². The van der Waals surface area contributed by atoms with Gasteiger partial charge in [0.15, 0.2) is 6.10 Å². The number of amides is 1. The summed E-state index contributed by atoms with van der Waals surface area (Å²) in [6.07, 6.45) is -2.16. The van der Waals surface area contributed by atoms with Gasteiger partial charge in [-0.1, -0.05) is 31.5 Å². The maximum absolute atomic E-state index is 13.2. The molecule has 31 heavy (non-hydrogen) atoms. The highest BCUT2D eigenvalue weighted by atomic mass is 19.4. The molecule has 0 bridgehead atoms. The Balaban J connectivity index is 1.66. The van der Waals surface area contributed by atoms with Gasteiger partial charge >= 0.3 is 6.18 Å². The molecule has 0 radical (unpaired) electrons. The van der Waals surface area contributed by atoms with Crippen LogP contribution in [-0.4, -0.2) is 23.5 Å². The van der Waals surface area contributed by atoms with Gasteiger partial charge in [0.05, 0.1) is 17.2 Å². The van der Waals surface area contributed by atoms with Gasteiger partial charge in [-0.3, -0.25) is 4.79 Å². The number of halogens is 3. The third-order valence-corrected chi connectivity index (χ3v) is 4.91. The molecule has 1 heterocycles. The molecule has 0 spiro atoms. The smallest absolute Gasteiger partial charge is 0.417 e. The Hall–Kier alpha value is -3.47. The molecule has 3 rings (SSSR count). The van der Waals surface area contributed by atoms with E-state index in [1.807, 2.05) is 37.4 Å². The summed E-state index contributed by atoms with van der Waals surface area (Å²) in [4.78, 5) is 15.8. The monoisotopic (exact) mass is 429 g/mol. The summed E-state index contributed by atoms with van der Waals surface area (Å²) < 4.78 is 45.1. The molecule has 1 atom stereocenters. The number of alkyl halides is 3. The Morgan fingerprint density at radius 1 is 1.26 bits per heavy atom. The van der Waals surface area contributed by atoms with E-state index in [2.05, 4.69) is 10.3 Å². The summed E-state index contributed by atoms with van der Waals surface area (Å²) in [6.45, 7) is 2.22. The fraction of sp³-hybridized carbons (Fsp3) is 0.304. The zero-order valence-corrected chi connectivity index (χ0v) is 16.9. The largest absolute Gasteiger partial charge is 0.481 e. The van der Waals surface area contributed by atoms with Crippen LogP contribution in [-0.2, 0) is 17.4 Å². The Labute approximate surface area is 177 Å². The highest BCUT2D eigenvalue weighted by Crippen LogP contribution is 2.34. The fourth-order valence-electron chi connectivity index (χ4n) is 3.37. The highest BCUT2D eigenvalue weighted by molar-refractivity contribution is 5.83. The van der Waals surface area contributed by atoms with Gasteiger partial charge in [-0.2, -0.15) is 18.4 Å². The number of ether oxygens (including phenoxy) is 1. The summed E-state index contributed by atoms with van der Waals surface area (Å²) in [5.41, 5.74) is 0.501. The highest BCUT2D eigenvalue weighted by Gasteiger charge is 2.34. The van der Waals surface area contributed by atoms with Crippen LogP contribution < -0.4 is 10.1 Å². The van der Waals surface area contributed by atoms with Gasteiger partial charge in [0.25, 0.3) is 5.91 Å². The van der Waals surface area contributed by atoms with Gasteiger partial charge in [0.2, 0.25) is 0 Å². The number of aromatic amines is 1. The lowest BCUT2D eigenvalue weighted by Crippen LogP contribution is -2.39. The average molecular weight is 429 g/mol. The molecule has 0 saturated carbocycles. The van der Waals surface area contributed by atoms with E-state index in [1.165, 1.54) is 12.1 Å². The minimum Gasteiger partial charge on any atom is -0.481 e. The zero-order chi connectivity index (χ0) is 22.4. The van der Waals surface area contributed by atoms with Crippen molar-refractivity contribution < 1.29 is 22.7 Å². The Morgan fingerprint density at radius 2 is 2.03 bits per heavy atom. The first-order chi connectivity index (χ1) is 14.8. The number of para-hydroxylation sites is 1. The van der Waals surface area contributed by atoms with Gasteiger partial charge in [0.1, 0.15) is 5.75 Å². The van der Waals surface area contributed by atoms with Crippen molar-refractivity contribution in [2.45, 2.75) is 38.5 Å². The number of nitriles is 1. The summed E-state index contributed by atoms with van der Waals surface area (Å²) in [6, 6.07) is 12.5. The molecule has 2 aromatic carbocycles. The number of benzene rings is 2. The molecule has 0 aliphatic rings. The molecular formula is C23H22F3N3O2. The van der Waals surface area contributed by atoms with Crippen LogP contribution in [0, 0.1) is 11.3 Å². The number of rotatable bonds is 8. The number of aromatic nitrogens is 1. The molecule has 3 aromatic rings. The first kappa shape index (κ1) is 22.2. The number of carbonyl (C=O) groups excluding carboxylic acids is 1. The Bertz CT molecular complexity index is 1100. The zero-order valence-electron chi connectivity index (χ0n) is 16.9. The summed E-state index contributed by atoms with van der Waals surface area (Å²) in [5.74, 6) is -0.490. The van der Waals surface area contributed by atoms with Gasteiger partial charge in [0, 0.05) is 23.6 Å². The van der Waals surface area contributed by atoms with E-state index in [9.17, 15) is 18.0 Å². The maximum Gasteiger partial charge on any atom is 0.417 e. The number of hydrogen-bond donors (Lipinski definition) is 2. The van der Waals surface area contributed by atoms with Gasteiger partial charge in [-0.15, -0.1) is 0 Å². The molecule has 0 unspecified atom stereocenters. The number of H-pyrrole nitrogens is 1. The van der Waals surface area contributed by atoms with E-state index in [-0.39, 0.29) is 11.7 Å². The van der Waals surface area contributed by atoms with Crippen LogP contribution in [0.4, 0.5) is 13.2 Å². The van der Waals surface area contributed by atoms with Crippen molar-refractivity contribution in [3.63, 3.8) is 0 Å². The minimum atomic E-state index is -4.69. The first-order valence-corrected chi connectivity index (χ1v) is 9.94. The van der Waals surface area contributed by atoms with Crippen LogP contribution in [0.5, 0.6) is 5.75 Å². The maximum atomic E-state index is 13.2. The molecule has 0 saturated heterocycles. The van der Waals surface area contributed by atoms with Crippen molar-refractivity contribution in [1.82, 2.24) is 10.3 Å². The van der Waals surface area contributed by atoms with Crippen molar-refractivity contribution in [3.8, 4) is 11.8 Å². The Kier molecular flexibility index (Phi) is 6.85. The fourth-order valence-corrected chi connectivity index (χ4v) is 3.37. The molecule has 0 fully saturated rings. The number of nitrogens with zero attached hydrogens (tertiary/aromatic N) is 1. The molecule has 1 amide bonds. The molecule has 2 N–H and O–H groups in total. The molecule has 162 valence electrons. The number of nitrogens with one attached hydrogen (secondary N) is 2. The number of fused-ring (bicyclic) bond motifs is 1. The SMILES string of the molecule is CCC[C@H](Oc1ccc(C#N)c(C(F)(F)F)c1)C(=O)NCCc1c[nH]c2ccccc12. The minimum absolute atomic E-state index is 0.100. The van der Waals surface area contributed by atoms with E-state index in [1.54, 1.807) is 0 Å². The molecule has 1 aromatic heterocycles. The lowest BCUT2D eigenvalue weighted by Gasteiger charge is -2.19. The van der Waals surface area contributed by atoms with Crippen LogP contribution in [0.2, 0.25) is 0 Å². The van der Waals surface area contributed by atoms with Crippen LogP contribution in [0.25, 0.3) is 10.9 Å². The van der Waals surface area contributed by atoms with Crippen molar-refractivity contribution in [2.75, 3.05) is 6.54 Å². The molecule has 0 aliphatic carbocycles. The first-order valence-electron chi connectivity index (χ1n) is 9.94. The van der Waals surface area contributed by atoms with E-state index < -0.39 is 23.4 Å². The van der Waals surface area contributed by atoms with Crippen molar-refractivity contribution in [3.05, 3.63) is 65.4 Å². The third kappa shape index (κ3) is 5.37. The third-order valence-electron chi connectivity index (χ3n) is 4.91. The van der Waals surface area contributed by atoms with Crippen LogP contribution >= 0.6 is 0 Å². The van der Waals surface area contributed by atoms with Crippen LogP contribution in [0.3, 0.4) is 0 Å². The quantitative estimate of drug-likeness (QED) is 0.531. The lowest BCUT2D eigenvalue weighted by atomic mass is 10.1. The van der Waals surface area contributed by atoms with E-state index in [0.717, 1.165) is 28.6 Å². The van der Waals surface area contributed by atoms with Crippen molar-refractivity contribution >= 4 is 16.8 Å². The standard InChI is InChI=1S/C23H22F3N3O2/c1-2-5-21(31-17-9-8-15(13-27)19(12-17)23(24,25)26)22(30)28-11-10-16-14-29-20-7-4-3-6-18(16)20/h3-4,6-9,12,14,21,29H,2,5,10-11H2,1H3,(H,28,30)/t21-/m0/s1. The molecular weight excluding hydrogens is 407 g/mol. The second kappa shape index (κ2) is 9.56. The van der Waals surface area contributed by atoms with E-state index in [0.29, 0.717) is 25.8 Å². The van der Waals surface area contributed by atoms with Crippen molar-refractivity contribution in [2.24, 2.45) is 0 Å². The van der Waals surface area contributed by atoms with Crippen molar-refractivity contribution in [1.29, 1.82) is 5.26 Å². The molecule has 5 nitrogen and oxygen atoms in total. The average Bonchev–Trinajstić information content (AvgIpc) is 3.16. The lowest BCUT2D eigenvalue weighted by molar-refractivity contribution is -0.137. The Morgan fingerprint density at radius 3 is 2.74 bits per heavy atom. The second-order valence-electron chi connectivity index (χ2n) is 7.11. The number of carbonyl (C=O) groups is 1. The predicted molar refractivity (Wildman–Crippen MR) is 110 cm³/mol. The van der Waals surface area contributed by atoms with Crippen LogP contribution in [0.1, 0.15) is 36.5 Å². The van der Waals surface area contributed by atoms with Gasteiger partial charge < -0.3 is 15.0 Å². The number of hydrogen-bond acceptors (Lipinski definition) is 3. The topological polar surface area (TPSA) is 77.9 Å². The molecule has 8 heteroatoms. The summed E-state index contributed by atoms with van der Waals surface area (Å²) >= 11 is 0. The normalized spacial score (nSPS) is 12.4. The summed E-state index contributed by atoms with van der Waals surface area (Å²) in [7, 11) is 0. The predicted octanol–water partition coefficient (Wildman–Crippen LogP) is 4.96. The van der Waals surface area contributed by atoms with E-state index in [4.69, 9.17) is 10.00 Å². The van der Waals surface area contributed by atoms with Gasteiger partial charge in [-0.25, -0.2) is 0 Å². The summed E-state index contributed by atoms with van der Waals surface area (Å²) in [5, 5.41) is 12.8. The van der Waals surface area contributed by atoms with Crippen LogP contribution in [0.15, 0.2) is 48.7 Å². The molecule has 0 aliphatic heterocycles. The van der Waals surface area contributed by atoms with E-state index >= 15 is 0 Å². The second-order valence-corrected chi connectivity index (χ2v) is 7.11.